The first-order chi connectivity index (χ1) is 8.72. The maximum Gasteiger partial charge on any atom is 0.0912 e. The van der Waals surface area contributed by atoms with Gasteiger partial charge in [0.1, 0.15) is 0 Å². The Morgan fingerprint density at radius 1 is 1.21 bits per heavy atom. The largest absolute Gasteiger partial charge is 0.314 e. The molecular weight excluding hydrogens is 263 g/mol. The fourth-order valence-corrected chi connectivity index (χ4v) is 2.63. The minimum atomic E-state index is -0.248. The van der Waals surface area contributed by atoms with Crippen molar-refractivity contribution in [2.45, 2.75) is 26.3 Å². The number of hydrogen-bond acceptors (Lipinski definition) is 2. The lowest BCUT2D eigenvalue weighted by Crippen LogP contribution is -2.45. The molecular formula is C15H24ClFN2. The normalized spacial score (nSPS) is 17.8. The summed E-state index contributed by atoms with van der Waals surface area (Å²) in [6.07, 6.45) is 0.600. The van der Waals surface area contributed by atoms with E-state index in [9.17, 15) is 4.39 Å². The van der Waals surface area contributed by atoms with Crippen molar-refractivity contribution in [1.29, 1.82) is 0 Å². The average Bonchev–Trinajstić information content (AvgIpc) is 2.40. The summed E-state index contributed by atoms with van der Waals surface area (Å²) in [6, 6.07) is 6.76. The van der Waals surface area contributed by atoms with Crippen LogP contribution in [0.25, 0.3) is 0 Å². The van der Waals surface area contributed by atoms with Crippen LogP contribution < -0.4 is 5.32 Å². The molecule has 2 rings (SSSR count). The van der Waals surface area contributed by atoms with Gasteiger partial charge in [0.15, 0.2) is 0 Å². The number of piperazine rings is 1. The SMILES string of the molecule is Cc1ccc([C@H](CCF)N2CCNCC2)cc1C.Cl. The predicted octanol–water partition coefficient (Wildman–Crippen LogP) is 3.03. The van der Waals surface area contributed by atoms with Crippen LogP contribution in [0.5, 0.6) is 0 Å². The van der Waals surface area contributed by atoms with Gasteiger partial charge in [0.25, 0.3) is 0 Å². The molecule has 1 aliphatic rings. The van der Waals surface area contributed by atoms with E-state index in [1.165, 1.54) is 16.7 Å². The van der Waals surface area contributed by atoms with E-state index in [4.69, 9.17) is 0 Å². The van der Waals surface area contributed by atoms with Gasteiger partial charge in [0, 0.05) is 32.2 Å². The fourth-order valence-electron chi connectivity index (χ4n) is 2.63. The molecule has 1 fully saturated rings. The Hall–Kier alpha value is -0.640. The Balaban J connectivity index is 0.00000180. The average molecular weight is 287 g/mol. The quantitative estimate of drug-likeness (QED) is 0.915. The molecule has 0 aromatic heterocycles. The van der Waals surface area contributed by atoms with E-state index in [0.29, 0.717) is 6.42 Å². The predicted molar refractivity (Wildman–Crippen MR) is 80.9 cm³/mol. The summed E-state index contributed by atoms with van der Waals surface area (Å²) in [5.74, 6) is 0. The zero-order valence-corrected chi connectivity index (χ0v) is 12.6. The maximum absolute atomic E-state index is 12.8. The van der Waals surface area contributed by atoms with E-state index in [-0.39, 0.29) is 25.1 Å². The van der Waals surface area contributed by atoms with Crippen LogP contribution in [0.1, 0.15) is 29.2 Å². The fraction of sp³-hybridized carbons (Fsp3) is 0.600. The van der Waals surface area contributed by atoms with Crippen molar-refractivity contribution >= 4 is 12.4 Å². The molecule has 0 bridgehead atoms. The Bertz CT molecular complexity index is 392. The molecule has 1 atom stereocenters. The highest BCUT2D eigenvalue weighted by molar-refractivity contribution is 5.85. The van der Waals surface area contributed by atoms with Gasteiger partial charge in [-0.05, 0) is 37.0 Å². The number of nitrogens with zero attached hydrogens (tertiary/aromatic N) is 1. The van der Waals surface area contributed by atoms with Gasteiger partial charge >= 0.3 is 0 Å². The summed E-state index contributed by atoms with van der Waals surface area (Å²) in [5, 5.41) is 3.35. The van der Waals surface area contributed by atoms with Crippen molar-refractivity contribution in [2.24, 2.45) is 0 Å². The molecule has 1 N–H and O–H groups in total. The lowest BCUT2D eigenvalue weighted by Gasteiger charge is -2.35. The van der Waals surface area contributed by atoms with Crippen molar-refractivity contribution in [1.82, 2.24) is 10.2 Å². The lowest BCUT2D eigenvalue weighted by atomic mass is 9.97. The molecule has 4 heteroatoms. The number of alkyl halides is 1. The molecule has 108 valence electrons. The molecule has 0 aliphatic carbocycles. The van der Waals surface area contributed by atoms with Crippen molar-refractivity contribution in [2.75, 3.05) is 32.9 Å². The Labute approximate surface area is 121 Å². The monoisotopic (exact) mass is 286 g/mol. The van der Waals surface area contributed by atoms with Crippen molar-refractivity contribution in [3.8, 4) is 0 Å². The first kappa shape index (κ1) is 16.4. The van der Waals surface area contributed by atoms with Gasteiger partial charge < -0.3 is 5.32 Å². The number of rotatable bonds is 4. The van der Waals surface area contributed by atoms with Gasteiger partial charge in [-0.1, -0.05) is 18.2 Å². The van der Waals surface area contributed by atoms with Gasteiger partial charge in [-0.25, -0.2) is 0 Å². The molecule has 1 aliphatic heterocycles. The van der Waals surface area contributed by atoms with Gasteiger partial charge in [0.05, 0.1) is 6.67 Å². The summed E-state index contributed by atoms with van der Waals surface area (Å²) < 4.78 is 12.8. The van der Waals surface area contributed by atoms with Gasteiger partial charge in [-0.2, -0.15) is 0 Å². The third kappa shape index (κ3) is 4.16. The smallest absolute Gasteiger partial charge is 0.0912 e. The highest BCUT2D eigenvalue weighted by Gasteiger charge is 2.22. The summed E-state index contributed by atoms with van der Waals surface area (Å²) in [4.78, 5) is 2.40. The first-order valence-electron chi connectivity index (χ1n) is 6.80. The standard InChI is InChI=1S/C15H23FN2.ClH/c1-12-3-4-14(11-13(12)2)15(5-6-16)18-9-7-17-8-10-18;/h3-4,11,15,17H,5-10H2,1-2H3;1H/t15-;/m0./s1. The Kier molecular flexibility index (Phi) is 6.76. The molecule has 0 saturated carbocycles. The van der Waals surface area contributed by atoms with Crippen LogP contribution in [0.2, 0.25) is 0 Å². The third-order valence-electron chi connectivity index (χ3n) is 3.89. The highest BCUT2D eigenvalue weighted by atomic mass is 35.5. The van der Waals surface area contributed by atoms with Crippen LogP contribution in [-0.4, -0.2) is 37.8 Å². The molecule has 0 spiro atoms. The van der Waals surface area contributed by atoms with E-state index in [1.807, 2.05) is 0 Å². The molecule has 1 aromatic rings. The number of aryl methyl sites for hydroxylation is 2. The van der Waals surface area contributed by atoms with Crippen LogP contribution in [0.4, 0.5) is 4.39 Å². The van der Waals surface area contributed by atoms with Crippen LogP contribution in [-0.2, 0) is 0 Å². The summed E-state index contributed by atoms with van der Waals surface area (Å²) in [5.41, 5.74) is 3.86. The molecule has 0 radical (unpaired) electrons. The van der Waals surface area contributed by atoms with E-state index < -0.39 is 0 Å². The second-order valence-electron chi connectivity index (χ2n) is 5.12. The van der Waals surface area contributed by atoms with Gasteiger partial charge in [-0.15, -0.1) is 12.4 Å². The second kappa shape index (κ2) is 7.83. The molecule has 1 saturated heterocycles. The molecule has 1 aromatic carbocycles. The molecule has 2 nitrogen and oxygen atoms in total. The van der Waals surface area contributed by atoms with E-state index in [2.05, 4.69) is 42.3 Å². The highest BCUT2D eigenvalue weighted by Crippen LogP contribution is 2.26. The topological polar surface area (TPSA) is 15.3 Å². The minimum Gasteiger partial charge on any atom is -0.314 e. The van der Waals surface area contributed by atoms with E-state index in [1.54, 1.807) is 0 Å². The molecule has 0 unspecified atom stereocenters. The lowest BCUT2D eigenvalue weighted by molar-refractivity contribution is 0.157. The van der Waals surface area contributed by atoms with E-state index >= 15 is 0 Å². The number of hydrogen-bond donors (Lipinski definition) is 1. The van der Waals surface area contributed by atoms with Crippen molar-refractivity contribution in [3.63, 3.8) is 0 Å². The third-order valence-corrected chi connectivity index (χ3v) is 3.89. The second-order valence-corrected chi connectivity index (χ2v) is 5.12. The zero-order valence-electron chi connectivity index (χ0n) is 11.8. The van der Waals surface area contributed by atoms with Crippen LogP contribution in [0.15, 0.2) is 18.2 Å². The van der Waals surface area contributed by atoms with Gasteiger partial charge in [-0.3, -0.25) is 9.29 Å². The van der Waals surface area contributed by atoms with Crippen molar-refractivity contribution in [3.05, 3.63) is 34.9 Å². The molecule has 19 heavy (non-hydrogen) atoms. The Morgan fingerprint density at radius 2 is 1.89 bits per heavy atom. The van der Waals surface area contributed by atoms with E-state index in [0.717, 1.165) is 26.2 Å². The summed E-state index contributed by atoms with van der Waals surface area (Å²) in [7, 11) is 0. The van der Waals surface area contributed by atoms with Gasteiger partial charge in [0.2, 0.25) is 0 Å². The van der Waals surface area contributed by atoms with Crippen LogP contribution >= 0.6 is 12.4 Å². The minimum absolute atomic E-state index is 0. The number of nitrogens with one attached hydrogen (secondary N) is 1. The number of halogens is 2. The maximum atomic E-state index is 12.8. The summed E-state index contributed by atoms with van der Waals surface area (Å²) >= 11 is 0. The Morgan fingerprint density at radius 3 is 2.47 bits per heavy atom. The van der Waals surface area contributed by atoms with Crippen molar-refractivity contribution < 1.29 is 4.39 Å². The van der Waals surface area contributed by atoms with Crippen LogP contribution in [0, 0.1) is 13.8 Å². The molecule has 1 heterocycles. The first-order valence-corrected chi connectivity index (χ1v) is 6.80. The molecule has 0 amide bonds. The number of benzene rings is 1. The summed E-state index contributed by atoms with van der Waals surface area (Å²) in [6.45, 7) is 8.04. The van der Waals surface area contributed by atoms with Crippen LogP contribution in [0.3, 0.4) is 0 Å². The zero-order chi connectivity index (χ0) is 13.0.